The molecule has 160 valence electrons. The summed E-state index contributed by atoms with van der Waals surface area (Å²) in [4.78, 5) is 38.3. The van der Waals surface area contributed by atoms with Gasteiger partial charge in [-0.2, -0.15) is 0 Å². The first-order valence-corrected chi connectivity index (χ1v) is 9.79. The first-order valence-electron chi connectivity index (χ1n) is 9.79. The van der Waals surface area contributed by atoms with E-state index in [1.807, 2.05) is 0 Å². The van der Waals surface area contributed by atoms with E-state index >= 15 is 0 Å². The molecule has 0 saturated carbocycles. The number of hydrogen-bond donors (Lipinski definition) is 4. The highest BCUT2D eigenvalue weighted by atomic mass is 16.4. The SMILES string of the molecule is C#CC(NC(=O)c1ccc(C(=N)N)cc1)C(C)(C)C(=O)N1CCC(CC(=O)O)CC1. The third-order valence-electron chi connectivity index (χ3n) is 5.54. The molecular formula is C22H28N4O4. The number of carboxylic acid groups (broad SMARTS) is 1. The third kappa shape index (κ3) is 5.38. The van der Waals surface area contributed by atoms with Crippen LogP contribution in [0.1, 0.15) is 49.0 Å². The molecule has 30 heavy (non-hydrogen) atoms. The van der Waals surface area contributed by atoms with Gasteiger partial charge < -0.3 is 21.1 Å². The topological polar surface area (TPSA) is 137 Å². The van der Waals surface area contributed by atoms with Gasteiger partial charge in [-0.15, -0.1) is 6.42 Å². The predicted octanol–water partition coefficient (Wildman–Crippen LogP) is 1.44. The van der Waals surface area contributed by atoms with Gasteiger partial charge in [0.25, 0.3) is 5.91 Å². The molecule has 1 heterocycles. The zero-order valence-corrected chi connectivity index (χ0v) is 17.3. The molecule has 1 atom stereocenters. The first kappa shape index (κ1) is 22.9. The lowest BCUT2D eigenvalue weighted by Crippen LogP contribution is -2.54. The highest BCUT2D eigenvalue weighted by Gasteiger charge is 2.40. The number of terminal acetylenes is 1. The Bertz CT molecular complexity index is 862. The summed E-state index contributed by atoms with van der Waals surface area (Å²) in [6, 6.07) is 5.39. The van der Waals surface area contributed by atoms with E-state index in [2.05, 4.69) is 11.2 Å². The zero-order valence-electron chi connectivity index (χ0n) is 17.3. The van der Waals surface area contributed by atoms with Gasteiger partial charge in [-0.1, -0.05) is 18.1 Å². The van der Waals surface area contributed by atoms with E-state index in [1.165, 1.54) is 0 Å². The van der Waals surface area contributed by atoms with Crippen LogP contribution in [0.2, 0.25) is 0 Å². The Labute approximate surface area is 176 Å². The largest absolute Gasteiger partial charge is 0.481 e. The normalized spacial score (nSPS) is 15.7. The number of rotatable bonds is 7. The van der Waals surface area contributed by atoms with Gasteiger partial charge in [0.2, 0.25) is 5.91 Å². The first-order chi connectivity index (χ1) is 14.1. The number of aliphatic carboxylic acids is 1. The minimum Gasteiger partial charge on any atom is -0.481 e. The van der Waals surface area contributed by atoms with Crippen molar-refractivity contribution < 1.29 is 19.5 Å². The van der Waals surface area contributed by atoms with E-state index in [1.54, 1.807) is 43.0 Å². The van der Waals surface area contributed by atoms with Crippen LogP contribution in [0, 0.1) is 29.1 Å². The molecule has 1 aliphatic rings. The molecule has 8 heteroatoms. The summed E-state index contributed by atoms with van der Waals surface area (Å²) in [6.07, 6.45) is 7.01. The number of amides is 2. The number of hydrogen-bond acceptors (Lipinski definition) is 4. The number of carboxylic acids is 1. The minimum absolute atomic E-state index is 0.0655. The van der Waals surface area contributed by atoms with Crippen LogP contribution in [0.5, 0.6) is 0 Å². The maximum Gasteiger partial charge on any atom is 0.303 e. The van der Waals surface area contributed by atoms with Crippen molar-refractivity contribution in [1.29, 1.82) is 5.41 Å². The van der Waals surface area contributed by atoms with Gasteiger partial charge >= 0.3 is 5.97 Å². The van der Waals surface area contributed by atoms with Crippen LogP contribution >= 0.6 is 0 Å². The molecule has 0 bridgehead atoms. The van der Waals surface area contributed by atoms with Gasteiger partial charge in [0.15, 0.2) is 0 Å². The van der Waals surface area contributed by atoms with Crippen LogP contribution in [-0.4, -0.2) is 52.8 Å². The molecule has 1 aromatic carbocycles. The van der Waals surface area contributed by atoms with Crippen molar-refractivity contribution in [2.75, 3.05) is 13.1 Å². The molecule has 2 rings (SSSR count). The Morgan fingerprint density at radius 2 is 1.80 bits per heavy atom. The number of nitrogens with one attached hydrogen (secondary N) is 2. The molecule has 1 fully saturated rings. The summed E-state index contributed by atoms with van der Waals surface area (Å²) >= 11 is 0. The predicted molar refractivity (Wildman–Crippen MR) is 113 cm³/mol. The van der Waals surface area contributed by atoms with Gasteiger partial charge in [-0.3, -0.25) is 19.8 Å². The second-order valence-electron chi connectivity index (χ2n) is 8.12. The van der Waals surface area contributed by atoms with Crippen molar-refractivity contribution in [1.82, 2.24) is 10.2 Å². The van der Waals surface area contributed by atoms with E-state index in [0.29, 0.717) is 37.1 Å². The fraction of sp³-hybridized carbons (Fsp3) is 0.455. The Balaban J connectivity index is 2.04. The third-order valence-corrected chi connectivity index (χ3v) is 5.54. The molecule has 0 aliphatic carbocycles. The van der Waals surface area contributed by atoms with Crippen LogP contribution in [0.25, 0.3) is 0 Å². The molecule has 5 N–H and O–H groups in total. The summed E-state index contributed by atoms with van der Waals surface area (Å²) < 4.78 is 0. The average Bonchev–Trinajstić information content (AvgIpc) is 2.71. The molecule has 1 aromatic rings. The number of nitrogen functional groups attached to an aromatic ring is 1. The van der Waals surface area contributed by atoms with Crippen LogP contribution < -0.4 is 11.1 Å². The molecule has 0 radical (unpaired) electrons. The van der Waals surface area contributed by atoms with Crippen LogP contribution in [0.15, 0.2) is 24.3 Å². The van der Waals surface area contributed by atoms with Crippen molar-refractivity contribution in [3.8, 4) is 12.3 Å². The second kappa shape index (κ2) is 9.44. The highest BCUT2D eigenvalue weighted by Crippen LogP contribution is 2.28. The summed E-state index contributed by atoms with van der Waals surface area (Å²) in [7, 11) is 0. The molecular weight excluding hydrogens is 384 g/mol. The van der Waals surface area contributed by atoms with Crippen molar-refractivity contribution in [3.05, 3.63) is 35.4 Å². The van der Waals surface area contributed by atoms with Gasteiger partial charge in [-0.05, 0) is 44.7 Å². The summed E-state index contributed by atoms with van der Waals surface area (Å²) in [6.45, 7) is 4.33. The van der Waals surface area contributed by atoms with Crippen molar-refractivity contribution in [2.24, 2.45) is 17.1 Å². The Morgan fingerprint density at radius 1 is 1.27 bits per heavy atom. The molecule has 1 unspecified atom stereocenters. The van der Waals surface area contributed by atoms with Gasteiger partial charge in [0.05, 0.1) is 5.41 Å². The lowest BCUT2D eigenvalue weighted by Gasteiger charge is -2.39. The lowest BCUT2D eigenvalue weighted by molar-refractivity contribution is -0.143. The number of nitrogens with two attached hydrogens (primary N) is 1. The number of carbonyl (C=O) groups excluding carboxylic acids is 2. The van der Waals surface area contributed by atoms with Crippen molar-refractivity contribution in [3.63, 3.8) is 0 Å². The van der Waals surface area contributed by atoms with Gasteiger partial charge in [-0.25, -0.2) is 0 Å². The van der Waals surface area contributed by atoms with E-state index < -0.39 is 23.3 Å². The van der Waals surface area contributed by atoms with Crippen molar-refractivity contribution >= 4 is 23.6 Å². The average molecular weight is 412 g/mol. The Hall–Kier alpha value is -3.34. The maximum absolute atomic E-state index is 13.1. The van der Waals surface area contributed by atoms with E-state index in [0.717, 1.165) is 0 Å². The van der Waals surface area contributed by atoms with Crippen LogP contribution in [-0.2, 0) is 9.59 Å². The number of likely N-dealkylation sites (tertiary alicyclic amines) is 1. The Kier molecular flexibility index (Phi) is 7.22. The maximum atomic E-state index is 13.1. The van der Waals surface area contributed by atoms with Crippen LogP contribution in [0.3, 0.4) is 0 Å². The quantitative estimate of drug-likeness (QED) is 0.305. The second-order valence-corrected chi connectivity index (χ2v) is 8.12. The monoisotopic (exact) mass is 412 g/mol. The molecule has 1 saturated heterocycles. The summed E-state index contributed by atoms with van der Waals surface area (Å²) in [5.74, 6) is 1.06. The van der Waals surface area contributed by atoms with Crippen molar-refractivity contribution in [2.45, 2.75) is 39.2 Å². The highest BCUT2D eigenvalue weighted by molar-refractivity contribution is 5.98. The minimum atomic E-state index is -1.04. The number of benzene rings is 1. The summed E-state index contributed by atoms with van der Waals surface area (Å²) in [5, 5.41) is 19.1. The Morgan fingerprint density at radius 3 is 2.27 bits per heavy atom. The van der Waals surface area contributed by atoms with E-state index in [-0.39, 0.29) is 24.1 Å². The fourth-order valence-corrected chi connectivity index (χ4v) is 3.56. The van der Waals surface area contributed by atoms with E-state index in [9.17, 15) is 14.4 Å². The fourth-order valence-electron chi connectivity index (χ4n) is 3.56. The van der Waals surface area contributed by atoms with Gasteiger partial charge in [0.1, 0.15) is 11.9 Å². The van der Waals surface area contributed by atoms with Crippen LogP contribution in [0.4, 0.5) is 0 Å². The zero-order chi connectivity index (χ0) is 22.5. The van der Waals surface area contributed by atoms with Gasteiger partial charge in [0, 0.05) is 30.6 Å². The molecule has 0 spiro atoms. The smallest absolute Gasteiger partial charge is 0.303 e. The van der Waals surface area contributed by atoms with E-state index in [4.69, 9.17) is 22.7 Å². The number of piperidine rings is 1. The molecule has 2 amide bonds. The lowest BCUT2D eigenvalue weighted by atomic mass is 9.81. The standard InChI is InChI=1S/C22H28N4O4/c1-4-17(25-20(29)16-7-5-15(6-8-16)19(23)24)22(2,3)21(30)26-11-9-14(10-12-26)13-18(27)28/h1,5-8,14,17H,9-13H2,2-3H3,(H3,23,24)(H,25,29)(H,27,28). The molecule has 8 nitrogen and oxygen atoms in total. The molecule has 1 aliphatic heterocycles. The number of carbonyl (C=O) groups is 3. The summed E-state index contributed by atoms with van der Waals surface area (Å²) in [5.41, 5.74) is 5.23. The number of nitrogens with zero attached hydrogens (tertiary/aromatic N) is 1. The number of amidine groups is 1. The molecule has 0 aromatic heterocycles.